The first-order valence-corrected chi connectivity index (χ1v) is 8.81. The number of hydrogen-bond acceptors (Lipinski definition) is 3. The number of benzene rings is 2. The predicted octanol–water partition coefficient (Wildman–Crippen LogP) is 3.36. The Bertz CT molecular complexity index is 902. The van der Waals surface area contributed by atoms with E-state index in [-0.39, 0.29) is 11.9 Å². The van der Waals surface area contributed by atoms with E-state index in [2.05, 4.69) is 46.7 Å². The first kappa shape index (κ1) is 16.4. The van der Waals surface area contributed by atoms with Crippen molar-refractivity contribution in [3.8, 4) is 16.9 Å². The smallest absolute Gasteiger partial charge is 0.243 e. The van der Waals surface area contributed by atoms with Gasteiger partial charge in [-0.05, 0) is 41.3 Å². The second-order valence-corrected chi connectivity index (χ2v) is 6.52. The van der Waals surface area contributed by atoms with Crippen LogP contribution in [0.1, 0.15) is 24.1 Å². The van der Waals surface area contributed by atoms with E-state index in [1.807, 2.05) is 13.0 Å². The fraction of sp³-hybridized carbons (Fsp3) is 0.238. The first-order chi connectivity index (χ1) is 12.7. The van der Waals surface area contributed by atoms with Crippen molar-refractivity contribution < 1.29 is 9.53 Å². The van der Waals surface area contributed by atoms with Crippen molar-refractivity contribution in [3.05, 3.63) is 72.3 Å². The lowest BCUT2D eigenvalue weighted by Gasteiger charge is -2.13. The number of fused-ring (bicyclic) bond motifs is 1. The predicted molar refractivity (Wildman–Crippen MR) is 99.9 cm³/mol. The SMILES string of the molecule is C[C@@H](C(=O)NCc1ccc(-c2ccc3c(c2)CCO3)cc1)n1ccnc1. The Labute approximate surface area is 152 Å². The Morgan fingerprint density at radius 3 is 2.81 bits per heavy atom. The summed E-state index contributed by atoms with van der Waals surface area (Å²) in [6.07, 6.45) is 6.09. The molecule has 0 saturated heterocycles. The second kappa shape index (κ2) is 7.04. The van der Waals surface area contributed by atoms with E-state index in [1.165, 1.54) is 16.7 Å². The highest BCUT2D eigenvalue weighted by Gasteiger charge is 2.14. The number of aromatic nitrogens is 2. The molecule has 2 heterocycles. The van der Waals surface area contributed by atoms with Gasteiger partial charge in [0.15, 0.2) is 0 Å². The maximum atomic E-state index is 12.2. The van der Waals surface area contributed by atoms with E-state index in [0.29, 0.717) is 6.54 Å². The summed E-state index contributed by atoms with van der Waals surface area (Å²) in [4.78, 5) is 16.2. The lowest BCUT2D eigenvalue weighted by Crippen LogP contribution is -2.30. The molecule has 0 bridgehead atoms. The molecule has 3 aromatic rings. The average molecular weight is 347 g/mol. The average Bonchev–Trinajstić information content (AvgIpc) is 3.37. The van der Waals surface area contributed by atoms with Crippen LogP contribution in [0.25, 0.3) is 11.1 Å². The monoisotopic (exact) mass is 347 g/mol. The summed E-state index contributed by atoms with van der Waals surface area (Å²) in [7, 11) is 0. The third kappa shape index (κ3) is 3.33. The van der Waals surface area contributed by atoms with Gasteiger partial charge in [0.05, 0.1) is 12.9 Å². The molecule has 5 heteroatoms. The van der Waals surface area contributed by atoms with E-state index < -0.39 is 0 Å². The van der Waals surface area contributed by atoms with Gasteiger partial charge in [0.1, 0.15) is 11.8 Å². The standard InChI is InChI=1S/C21H21N3O2/c1-15(24-10-9-22-14-24)21(25)23-13-16-2-4-17(5-3-16)18-6-7-20-19(12-18)8-11-26-20/h2-7,9-10,12,14-15H,8,11,13H2,1H3,(H,23,25)/t15-/m0/s1. The molecule has 26 heavy (non-hydrogen) atoms. The Kier molecular flexibility index (Phi) is 4.44. The van der Waals surface area contributed by atoms with Gasteiger partial charge >= 0.3 is 0 Å². The number of hydrogen-bond donors (Lipinski definition) is 1. The largest absolute Gasteiger partial charge is 0.493 e. The Hall–Kier alpha value is -3.08. The fourth-order valence-corrected chi connectivity index (χ4v) is 3.15. The molecule has 0 aliphatic carbocycles. The van der Waals surface area contributed by atoms with Crippen LogP contribution in [0.4, 0.5) is 0 Å². The molecule has 0 saturated carbocycles. The highest BCUT2D eigenvalue weighted by Crippen LogP contribution is 2.30. The molecule has 132 valence electrons. The third-order valence-electron chi connectivity index (χ3n) is 4.79. The second-order valence-electron chi connectivity index (χ2n) is 6.52. The number of nitrogens with zero attached hydrogens (tertiary/aromatic N) is 2. The molecule has 0 spiro atoms. The molecule has 1 aromatic heterocycles. The van der Waals surface area contributed by atoms with E-state index in [4.69, 9.17) is 4.74 Å². The molecule has 0 fully saturated rings. The number of rotatable bonds is 5. The molecule has 1 atom stereocenters. The summed E-state index contributed by atoms with van der Waals surface area (Å²) < 4.78 is 7.35. The van der Waals surface area contributed by atoms with Gasteiger partial charge in [-0.15, -0.1) is 0 Å². The molecular weight excluding hydrogens is 326 g/mol. The molecule has 0 radical (unpaired) electrons. The van der Waals surface area contributed by atoms with Crippen LogP contribution >= 0.6 is 0 Å². The third-order valence-corrected chi connectivity index (χ3v) is 4.79. The van der Waals surface area contributed by atoms with E-state index >= 15 is 0 Å². The van der Waals surface area contributed by atoms with Gasteiger partial charge < -0.3 is 14.6 Å². The minimum absolute atomic E-state index is 0.0225. The molecule has 1 aliphatic rings. The molecule has 0 unspecified atom stereocenters. The molecule has 5 nitrogen and oxygen atoms in total. The normalized spacial score (nSPS) is 13.7. The zero-order chi connectivity index (χ0) is 17.9. The minimum Gasteiger partial charge on any atom is -0.493 e. The summed E-state index contributed by atoms with van der Waals surface area (Å²) in [5.74, 6) is 0.978. The maximum Gasteiger partial charge on any atom is 0.243 e. The van der Waals surface area contributed by atoms with Crippen LogP contribution in [-0.4, -0.2) is 22.1 Å². The topological polar surface area (TPSA) is 56.1 Å². The molecule has 1 aliphatic heterocycles. The number of nitrogens with one attached hydrogen (secondary N) is 1. The van der Waals surface area contributed by atoms with E-state index in [9.17, 15) is 4.79 Å². The van der Waals surface area contributed by atoms with Gasteiger partial charge in [-0.2, -0.15) is 0 Å². The highest BCUT2D eigenvalue weighted by atomic mass is 16.5. The number of carbonyl (C=O) groups excluding carboxylic acids is 1. The number of amides is 1. The van der Waals surface area contributed by atoms with Crippen molar-refractivity contribution in [2.75, 3.05) is 6.61 Å². The number of ether oxygens (including phenoxy) is 1. The summed E-state index contributed by atoms with van der Waals surface area (Å²) in [5, 5.41) is 2.98. The van der Waals surface area contributed by atoms with Crippen LogP contribution in [0.2, 0.25) is 0 Å². The van der Waals surface area contributed by atoms with Gasteiger partial charge in [0, 0.05) is 25.4 Å². The van der Waals surface area contributed by atoms with Crippen LogP contribution in [0, 0.1) is 0 Å². The van der Waals surface area contributed by atoms with E-state index in [1.54, 1.807) is 23.3 Å². The number of carbonyl (C=O) groups is 1. The lowest BCUT2D eigenvalue weighted by atomic mass is 10.0. The Balaban J connectivity index is 1.39. The van der Waals surface area contributed by atoms with Crippen LogP contribution in [-0.2, 0) is 17.8 Å². The quantitative estimate of drug-likeness (QED) is 0.770. The van der Waals surface area contributed by atoms with Crippen LogP contribution in [0.15, 0.2) is 61.2 Å². The summed E-state index contributed by atoms with van der Waals surface area (Å²) >= 11 is 0. The highest BCUT2D eigenvalue weighted by molar-refractivity contribution is 5.79. The summed E-state index contributed by atoms with van der Waals surface area (Å²) in [5.41, 5.74) is 4.71. The van der Waals surface area contributed by atoms with Crippen molar-refractivity contribution in [1.82, 2.24) is 14.9 Å². The van der Waals surface area contributed by atoms with Gasteiger partial charge in [0.2, 0.25) is 5.91 Å². The number of imidazole rings is 1. The van der Waals surface area contributed by atoms with Crippen LogP contribution in [0.5, 0.6) is 5.75 Å². The van der Waals surface area contributed by atoms with Crippen molar-refractivity contribution in [1.29, 1.82) is 0 Å². The van der Waals surface area contributed by atoms with E-state index in [0.717, 1.165) is 24.3 Å². The minimum atomic E-state index is -0.273. The van der Waals surface area contributed by atoms with Gasteiger partial charge in [-0.3, -0.25) is 4.79 Å². The first-order valence-electron chi connectivity index (χ1n) is 8.81. The van der Waals surface area contributed by atoms with Gasteiger partial charge in [-0.25, -0.2) is 4.98 Å². The zero-order valence-corrected chi connectivity index (χ0v) is 14.7. The lowest BCUT2D eigenvalue weighted by molar-refractivity contribution is -0.124. The Morgan fingerprint density at radius 2 is 2.04 bits per heavy atom. The van der Waals surface area contributed by atoms with Crippen molar-refractivity contribution >= 4 is 5.91 Å². The fourth-order valence-electron chi connectivity index (χ4n) is 3.15. The molecule has 1 amide bonds. The van der Waals surface area contributed by atoms with Crippen LogP contribution in [0.3, 0.4) is 0 Å². The molecular formula is C21H21N3O2. The van der Waals surface area contributed by atoms with Crippen molar-refractivity contribution in [2.45, 2.75) is 25.9 Å². The molecule has 4 rings (SSSR count). The Morgan fingerprint density at radius 1 is 1.23 bits per heavy atom. The van der Waals surface area contributed by atoms with Crippen molar-refractivity contribution in [2.24, 2.45) is 0 Å². The summed E-state index contributed by atoms with van der Waals surface area (Å²) in [6.45, 7) is 3.14. The van der Waals surface area contributed by atoms with Gasteiger partial charge in [0.25, 0.3) is 0 Å². The maximum absolute atomic E-state index is 12.2. The van der Waals surface area contributed by atoms with Crippen molar-refractivity contribution in [3.63, 3.8) is 0 Å². The van der Waals surface area contributed by atoms with Crippen LogP contribution < -0.4 is 10.1 Å². The zero-order valence-electron chi connectivity index (χ0n) is 14.7. The van der Waals surface area contributed by atoms with Gasteiger partial charge in [-0.1, -0.05) is 30.3 Å². The molecule has 1 N–H and O–H groups in total. The summed E-state index contributed by atoms with van der Waals surface area (Å²) in [6, 6.07) is 14.4. The molecule has 2 aromatic carbocycles.